The molecule has 2 aromatic carbocycles. The normalized spacial score (nSPS) is 11.6. The summed E-state index contributed by atoms with van der Waals surface area (Å²) < 4.78 is 0. The Morgan fingerprint density at radius 2 is 1.81 bits per heavy atom. The van der Waals surface area contributed by atoms with Crippen LogP contribution in [0.3, 0.4) is 0 Å². The van der Waals surface area contributed by atoms with Gasteiger partial charge in [-0.05, 0) is 10.8 Å². The third kappa shape index (κ3) is 1.86. The Kier molecular flexibility index (Phi) is 2.55. The van der Waals surface area contributed by atoms with Crippen LogP contribution in [0.4, 0.5) is 4.79 Å². The van der Waals surface area contributed by atoms with E-state index in [4.69, 9.17) is 10.8 Å². The summed E-state index contributed by atoms with van der Waals surface area (Å²) in [5.41, 5.74) is 6.27. The molecular weight excluding hydrogens is 204 g/mol. The summed E-state index contributed by atoms with van der Waals surface area (Å²) in [6.45, 7) is 0. The molecule has 0 atom stereocenters. The lowest BCUT2D eigenvalue weighted by Gasteiger charge is -2.04. The third-order valence-electron chi connectivity index (χ3n) is 2.28. The second-order valence-corrected chi connectivity index (χ2v) is 3.31. The number of amidine groups is 1. The molecule has 3 N–H and O–H groups in total. The standard InChI is InChI=1S/C12H10N2O2/c13-11(14-12(15)16)10-7-3-5-8-4-1-2-6-9(8)10/h1-7H,(H2,13,14)(H,15,16). The van der Waals surface area contributed by atoms with Gasteiger partial charge in [0, 0.05) is 5.56 Å². The number of carboxylic acid groups (broad SMARTS) is 1. The highest BCUT2D eigenvalue weighted by Gasteiger charge is 2.05. The van der Waals surface area contributed by atoms with Gasteiger partial charge in [0.25, 0.3) is 0 Å². The number of rotatable bonds is 1. The Morgan fingerprint density at radius 3 is 2.56 bits per heavy atom. The maximum absolute atomic E-state index is 10.5. The Morgan fingerprint density at radius 1 is 1.12 bits per heavy atom. The molecule has 2 rings (SSSR count). The molecule has 2 aromatic rings. The van der Waals surface area contributed by atoms with Crippen LogP contribution in [-0.2, 0) is 0 Å². The number of fused-ring (bicyclic) bond motifs is 1. The summed E-state index contributed by atoms with van der Waals surface area (Å²) in [4.78, 5) is 13.8. The molecule has 16 heavy (non-hydrogen) atoms. The van der Waals surface area contributed by atoms with Gasteiger partial charge in [-0.2, -0.15) is 4.99 Å². The summed E-state index contributed by atoms with van der Waals surface area (Å²) in [7, 11) is 0. The number of hydrogen-bond donors (Lipinski definition) is 2. The number of nitrogens with zero attached hydrogens (tertiary/aromatic N) is 1. The van der Waals surface area contributed by atoms with Gasteiger partial charge in [0.1, 0.15) is 5.84 Å². The molecule has 0 unspecified atom stereocenters. The van der Waals surface area contributed by atoms with E-state index in [9.17, 15) is 4.79 Å². The first-order valence-electron chi connectivity index (χ1n) is 4.73. The molecule has 0 heterocycles. The van der Waals surface area contributed by atoms with E-state index < -0.39 is 6.09 Å². The van der Waals surface area contributed by atoms with Crippen molar-refractivity contribution in [2.24, 2.45) is 10.7 Å². The van der Waals surface area contributed by atoms with E-state index in [1.165, 1.54) is 0 Å². The van der Waals surface area contributed by atoms with Crippen LogP contribution in [0.2, 0.25) is 0 Å². The topological polar surface area (TPSA) is 75.7 Å². The van der Waals surface area contributed by atoms with E-state index in [-0.39, 0.29) is 5.84 Å². The Balaban J connectivity index is 2.65. The van der Waals surface area contributed by atoms with Crippen LogP contribution in [0.25, 0.3) is 10.8 Å². The lowest BCUT2D eigenvalue weighted by atomic mass is 10.0. The molecule has 4 nitrogen and oxygen atoms in total. The predicted octanol–water partition coefficient (Wildman–Crippen LogP) is 2.22. The Hall–Kier alpha value is -2.36. The van der Waals surface area contributed by atoms with Gasteiger partial charge in [0.15, 0.2) is 0 Å². The highest BCUT2D eigenvalue weighted by Crippen LogP contribution is 2.18. The fraction of sp³-hybridized carbons (Fsp3) is 0. The zero-order valence-corrected chi connectivity index (χ0v) is 8.42. The van der Waals surface area contributed by atoms with E-state index in [1.807, 2.05) is 36.4 Å². The van der Waals surface area contributed by atoms with Gasteiger partial charge in [-0.1, -0.05) is 42.5 Å². The van der Waals surface area contributed by atoms with E-state index in [2.05, 4.69) is 4.99 Å². The fourth-order valence-electron chi connectivity index (χ4n) is 1.61. The molecule has 0 aliphatic rings. The maximum Gasteiger partial charge on any atom is 0.433 e. The zero-order chi connectivity index (χ0) is 11.5. The van der Waals surface area contributed by atoms with E-state index >= 15 is 0 Å². The molecule has 0 saturated carbocycles. The molecule has 0 saturated heterocycles. The first-order chi connectivity index (χ1) is 7.68. The van der Waals surface area contributed by atoms with Crippen molar-refractivity contribution >= 4 is 22.7 Å². The monoisotopic (exact) mass is 214 g/mol. The number of nitrogens with two attached hydrogens (primary N) is 1. The summed E-state index contributed by atoms with van der Waals surface area (Å²) in [6.07, 6.45) is -1.29. The Bertz CT molecular complexity index is 571. The molecule has 0 radical (unpaired) electrons. The van der Waals surface area contributed by atoms with Crippen molar-refractivity contribution in [3.8, 4) is 0 Å². The lowest BCUT2D eigenvalue weighted by Crippen LogP contribution is -2.15. The Labute approximate surface area is 92.0 Å². The molecule has 0 spiro atoms. The average Bonchev–Trinajstić information content (AvgIpc) is 2.27. The highest BCUT2D eigenvalue weighted by molar-refractivity contribution is 6.11. The molecular formula is C12H10N2O2. The number of carbonyl (C=O) groups is 1. The van der Waals surface area contributed by atoms with Crippen LogP contribution in [-0.4, -0.2) is 17.0 Å². The first kappa shape index (κ1) is 10.2. The second kappa shape index (κ2) is 4.02. The van der Waals surface area contributed by atoms with Gasteiger partial charge in [0.05, 0.1) is 0 Å². The average molecular weight is 214 g/mol. The molecule has 1 amide bonds. The van der Waals surface area contributed by atoms with Crippen LogP contribution in [0.5, 0.6) is 0 Å². The van der Waals surface area contributed by atoms with E-state index in [0.29, 0.717) is 5.56 Å². The number of aliphatic imine (C=N–C) groups is 1. The smallest absolute Gasteiger partial charge is 0.433 e. The quantitative estimate of drug-likeness (QED) is 0.564. The summed E-state index contributed by atoms with van der Waals surface area (Å²) in [5, 5.41) is 10.4. The van der Waals surface area contributed by atoms with Crippen LogP contribution in [0, 0.1) is 0 Å². The van der Waals surface area contributed by atoms with Crippen molar-refractivity contribution in [3.05, 3.63) is 48.0 Å². The molecule has 80 valence electrons. The molecule has 4 heteroatoms. The molecule has 0 aromatic heterocycles. The van der Waals surface area contributed by atoms with Crippen LogP contribution < -0.4 is 5.73 Å². The summed E-state index contributed by atoms with van der Waals surface area (Å²) >= 11 is 0. The van der Waals surface area contributed by atoms with Crippen LogP contribution in [0.1, 0.15) is 5.56 Å². The van der Waals surface area contributed by atoms with Crippen molar-refractivity contribution in [2.75, 3.05) is 0 Å². The van der Waals surface area contributed by atoms with Crippen molar-refractivity contribution in [3.63, 3.8) is 0 Å². The van der Waals surface area contributed by atoms with Gasteiger partial charge in [0.2, 0.25) is 0 Å². The first-order valence-corrected chi connectivity index (χ1v) is 4.73. The summed E-state index contributed by atoms with van der Waals surface area (Å²) in [5.74, 6) is 0.0179. The molecule has 0 fully saturated rings. The van der Waals surface area contributed by atoms with Gasteiger partial charge in [-0.3, -0.25) is 0 Å². The van der Waals surface area contributed by atoms with Crippen LogP contribution >= 0.6 is 0 Å². The van der Waals surface area contributed by atoms with Gasteiger partial charge < -0.3 is 10.8 Å². The number of hydrogen-bond acceptors (Lipinski definition) is 1. The lowest BCUT2D eigenvalue weighted by molar-refractivity contribution is 0.205. The summed E-state index contributed by atoms with van der Waals surface area (Å²) in [6, 6.07) is 13.1. The minimum atomic E-state index is -1.29. The van der Waals surface area contributed by atoms with Crippen molar-refractivity contribution in [1.82, 2.24) is 0 Å². The van der Waals surface area contributed by atoms with E-state index in [1.54, 1.807) is 6.07 Å². The SMILES string of the molecule is NC(=NC(=O)O)c1cccc2ccccc12. The highest BCUT2D eigenvalue weighted by atomic mass is 16.4. The molecule has 0 aliphatic carbocycles. The minimum absolute atomic E-state index is 0.0179. The van der Waals surface area contributed by atoms with Crippen molar-refractivity contribution in [1.29, 1.82) is 0 Å². The van der Waals surface area contributed by atoms with Gasteiger partial charge in [-0.25, -0.2) is 4.79 Å². The molecule has 0 aliphatic heterocycles. The van der Waals surface area contributed by atoms with Crippen molar-refractivity contribution < 1.29 is 9.90 Å². The maximum atomic E-state index is 10.5. The molecule has 0 bridgehead atoms. The van der Waals surface area contributed by atoms with E-state index in [0.717, 1.165) is 10.8 Å². The van der Waals surface area contributed by atoms with Gasteiger partial charge in [-0.15, -0.1) is 0 Å². The van der Waals surface area contributed by atoms with Gasteiger partial charge >= 0.3 is 6.09 Å². The third-order valence-corrected chi connectivity index (χ3v) is 2.28. The largest absolute Gasteiger partial charge is 0.463 e. The zero-order valence-electron chi connectivity index (χ0n) is 8.42. The predicted molar refractivity (Wildman–Crippen MR) is 62.7 cm³/mol. The second-order valence-electron chi connectivity index (χ2n) is 3.31. The van der Waals surface area contributed by atoms with Crippen molar-refractivity contribution in [2.45, 2.75) is 0 Å². The number of benzene rings is 2. The fourth-order valence-corrected chi connectivity index (χ4v) is 1.61. The minimum Gasteiger partial charge on any atom is -0.463 e. The number of amides is 1. The van der Waals surface area contributed by atoms with Crippen LogP contribution in [0.15, 0.2) is 47.5 Å².